The van der Waals surface area contributed by atoms with Gasteiger partial charge in [0.05, 0.1) is 20.5 Å². The average molecular weight is 388 g/mol. The van der Waals surface area contributed by atoms with Crippen LogP contribution in [-0.2, 0) is 9.84 Å². The van der Waals surface area contributed by atoms with Gasteiger partial charge in [0.15, 0.2) is 0 Å². The highest BCUT2D eigenvalue weighted by molar-refractivity contribution is 9.10. The molecule has 0 bridgehead atoms. The van der Waals surface area contributed by atoms with Crippen LogP contribution < -0.4 is 10.5 Å². The summed E-state index contributed by atoms with van der Waals surface area (Å²) in [6.45, 7) is 0. The molecule has 0 radical (unpaired) electrons. The quantitative estimate of drug-likeness (QED) is 0.854. The zero-order valence-electron chi connectivity index (χ0n) is 10.8. The molecule has 0 saturated heterocycles. The number of hydrogen-bond acceptors (Lipinski definition) is 4. The first kappa shape index (κ1) is 15.0. The van der Waals surface area contributed by atoms with E-state index in [0.29, 0.717) is 4.47 Å². The van der Waals surface area contributed by atoms with Gasteiger partial charge in [0.1, 0.15) is 23.1 Å². The summed E-state index contributed by atoms with van der Waals surface area (Å²) in [6, 6.07) is 5.46. The molecule has 0 spiro atoms. The number of ether oxygens (including phenoxy) is 1. The highest BCUT2D eigenvalue weighted by Gasteiger charge is 2.29. The zero-order chi connectivity index (χ0) is 16.1. The van der Waals surface area contributed by atoms with Gasteiger partial charge in [-0.3, -0.25) is 0 Å². The van der Waals surface area contributed by atoms with Gasteiger partial charge in [-0.05, 0) is 28.1 Å². The van der Waals surface area contributed by atoms with Crippen molar-refractivity contribution in [3.8, 4) is 11.5 Å². The van der Waals surface area contributed by atoms with E-state index in [0.717, 1.165) is 23.6 Å². The molecule has 1 heterocycles. The Morgan fingerprint density at radius 2 is 1.73 bits per heavy atom. The van der Waals surface area contributed by atoms with Crippen LogP contribution in [0.5, 0.6) is 11.5 Å². The van der Waals surface area contributed by atoms with Gasteiger partial charge in [-0.25, -0.2) is 17.2 Å². The van der Waals surface area contributed by atoms with Gasteiger partial charge < -0.3 is 10.5 Å². The molecule has 0 aromatic heterocycles. The Bertz CT molecular complexity index is 906. The Morgan fingerprint density at radius 1 is 1.09 bits per heavy atom. The minimum atomic E-state index is -3.57. The fraction of sp³-hybridized carbons (Fsp3) is 0. The number of sulfone groups is 1. The molecule has 4 nitrogen and oxygen atoms in total. The van der Waals surface area contributed by atoms with E-state index in [1.165, 1.54) is 12.1 Å². The van der Waals surface area contributed by atoms with E-state index in [-0.39, 0.29) is 27.7 Å². The van der Waals surface area contributed by atoms with E-state index in [9.17, 15) is 17.2 Å². The summed E-state index contributed by atoms with van der Waals surface area (Å²) in [4.78, 5) is 0.0506. The van der Waals surface area contributed by atoms with E-state index < -0.39 is 21.5 Å². The highest BCUT2D eigenvalue weighted by Crippen LogP contribution is 2.42. The molecule has 0 unspecified atom stereocenters. The molecule has 1 aliphatic rings. The first-order valence-corrected chi connectivity index (χ1v) is 8.31. The van der Waals surface area contributed by atoms with E-state index in [1.807, 2.05) is 0 Å². The fourth-order valence-electron chi connectivity index (χ4n) is 2.13. The molecule has 0 aliphatic carbocycles. The van der Waals surface area contributed by atoms with Crippen molar-refractivity contribution in [2.24, 2.45) is 5.73 Å². The van der Waals surface area contributed by atoms with Gasteiger partial charge in [-0.2, -0.15) is 0 Å². The van der Waals surface area contributed by atoms with Crippen LogP contribution >= 0.6 is 15.9 Å². The van der Waals surface area contributed by atoms with E-state index >= 15 is 0 Å². The molecule has 8 heteroatoms. The summed E-state index contributed by atoms with van der Waals surface area (Å²) in [5, 5.41) is 0.952. The van der Waals surface area contributed by atoms with Crippen LogP contribution in [0.15, 0.2) is 45.1 Å². The third-order valence-corrected chi connectivity index (χ3v) is 5.31. The van der Waals surface area contributed by atoms with Crippen LogP contribution in [0.1, 0.15) is 5.56 Å². The van der Waals surface area contributed by atoms with Gasteiger partial charge in [-0.15, -0.1) is 0 Å². The molecule has 2 aromatic rings. The molecule has 0 fully saturated rings. The number of nitrogens with two attached hydrogens (primary N) is 1. The minimum Gasteiger partial charge on any atom is -0.456 e. The van der Waals surface area contributed by atoms with Crippen molar-refractivity contribution in [3.63, 3.8) is 0 Å². The maximum Gasteiger partial charge on any atom is 0.202 e. The molecule has 0 atom stereocenters. The van der Waals surface area contributed by atoms with E-state index in [1.54, 1.807) is 0 Å². The number of hydrogen-bond donors (Lipinski definition) is 1. The summed E-state index contributed by atoms with van der Waals surface area (Å²) in [5.74, 6) is -1.43. The van der Waals surface area contributed by atoms with E-state index in [2.05, 4.69) is 15.9 Å². The predicted octanol–water partition coefficient (Wildman–Crippen LogP) is 3.56. The van der Waals surface area contributed by atoms with Gasteiger partial charge in [0.2, 0.25) is 9.84 Å². The maximum atomic E-state index is 13.2. The van der Waals surface area contributed by atoms with E-state index in [4.69, 9.17) is 10.5 Å². The van der Waals surface area contributed by atoms with Crippen molar-refractivity contribution in [1.82, 2.24) is 0 Å². The average Bonchev–Trinajstić information content (AvgIpc) is 2.62. The van der Waals surface area contributed by atoms with Crippen molar-refractivity contribution in [3.05, 3.63) is 57.4 Å². The predicted molar refractivity (Wildman–Crippen MR) is 79.9 cm³/mol. The number of rotatable bonds is 2. The molecule has 1 aliphatic heterocycles. The molecule has 114 valence electrons. The normalized spacial score (nSPS) is 15.3. The molecule has 2 aromatic carbocycles. The van der Waals surface area contributed by atoms with Crippen molar-refractivity contribution >= 4 is 31.5 Å². The van der Waals surface area contributed by atoms with Crippen LogP contribution in [0, 0.1) is 11.6 Å². The van der Waals surface area contributed by atoms with Crippen molar-refractivity contribution < 1.29 is 21.9 Å². The van der Waals surface area contributed by atoms with Gasteiger partial charge in [0.25, 0.3) is 0 Å². The standard InChI is InChI=1S/C14H8BrF2NO3S/c15-14-11(21-9-4-7(16)3-8(17)5-9)1-2-12-13(14)10(18)6-22(12,19)20/h1-6H,18H2. The summed E-state index contributed by atoms with van der Waals surface area (Å²) < 4.78 is 55.8. The smallest absolute Gasteiger partial charge is 0.202 e. The molecular formula is C14H8BrF2NO3S. The summed E-state index contributed by atoms with van der Waals surface area (Å²) in [7, 11) is -3.57. The van der Waals surface area contributed by atoms with Gasteiger partial charge in [-0.1, -0.05) is 0 Å². The third kappa shape index (κ3) is 2.48. The molecule has 0 amide bonds. The molecule has 0 saturated carbocycles. The van der Waals surface area contributed by atoms with Crippen molar-refractivity contribution in [2.75, 3.05) is 0 Å². The number of fused-ring (bicyclic) bond motifs is 1. The van der Waals surface area contributed by atoms with Crippen LogP contribution in [0.2, 0.25) is 0 Å². The summed E-state index contributed by atoms with van der Waals surface area (Å²) in [6.07, 6.45) is 0. The third-order valence-electron chi connectivity index (χ3n) is 3.01. The van der Waals surface area contributed by atoms with Crippen LogP contribution in [0.25, 0.3) is 5.70 Å². The second-order valence-electron chi connectivity index (χ2n) is 4.58. The maximum absolute atomic E-state index is 13.2. The van der Waals surface area contributed by atoms with Crippen LogP contribution in [0.3, 0.4) is 0 Å². The monoisotopic (exact) mass is 387 g/mol. The Morgan fingerprint density at radius 3 is 2.36 bits per heavy atom. The lowest BCUT2D eigenvalue weighted by Gasteiger charge is -2.11. The number of benzene rings is 2. The number of halogens is 3. The highest BCUT2D eigenvalue weighted by atomic mass is 79.9. The SMILES string of the molecule is NC1=CS(=O)(=O)c2ccc(Oc3cc(F)cc(F)c3)c(Br)c21. The van der Waals surface area contributed by atoms with Crippen molar-refractivity contribution in [1.29, 1.82) is 0 Å². The topological polar surface area (TPSA) is 69.4 Å². The second-order valence-corrected chi connectivity index (χ2v) is 7.13. The lowest BCUT2D eigenvalue weighted by atomic mass is 10.2. The molecule has 3 rings (SSSR count). The first-order valence-electron chi connectivity index (χ1n) is 5.97. The fourth-order valence-corrected chi connectivity index (χ4v) is 4.26. The lowest BCUT2D eigenvalue weighted by molar-refractivity contribution is 0.465. The Kier molecular flexibility index (Phi) is 3.45. The summed E-state index contributed by atoms with van der Waals surface area (Å²) >= 11 is 3.22. The van der Waals surface area contributed by atoms with Gasteiger partial charge in [0, 0.05) is 23.8 Å². The second kappa shape index (κ2) is 5.06. The van der Waals surface area contributed by atoms with Crippen LogP contribution in [0.4, 0.5) is 8.78 Å². The largest absolute Gasteiger partial charge is 0.456 e. The zero-order valence-corrected chi connectivity index (χ0v) is 13.2. The van der Waals surface area contributed by atoms with Crippen LogP contribution in [-0.4, -0.2) is 8.42 Å². The Hall–Kier alpha value is -1.93. The Balaban J connectivity index is 2.08. The first-order chi connectivity index (χ1) is 10.3. The molecule has 2 N–H and O–H groups in total. The minimum absolute atomic E-state index is 0.0506. The molecular weight excluding hydrogens is 380 g/mol. The Labute approximate surface area is 133 Å². The molecule has 22 heavy (non-hydrogen) atoms. The lowest BCUT2D eigenvalue weighted by Crippen LogP contribution is -1.98. The van der Waals surface area contributed by atoms with Gasteiger partial charge >= 0.3 is 0 Å². The summed E-state index contributed by atoms with van der Waals surface area (Å²) in [5.41, 5.74) is 6.05. The van der Waals surface area contributed by atoms with Crippen molar-refractivity contribution in [2.45, 2.75) is 4.90 Å².